The number of aromatic nitrogens is 2. The van der Waals surface area contributed by atoms with Gasteiger partial charge in [-0.05, 0) is 17.7 Å². The summed E-state index contributed by atoms with van der Waals surface area (Å²) in [5.41, 5.74) is 1.75. The number of rotatable bonds is 4. The van der Waals surface area contributed by atoms with Gasteiger partial charge in [0.05, 0.1) is 12.0 Å². The molecule has 1 aromatic heterocycles. The van der Waals surface area contributed by atoms with Crippen molar-refractivity contribution in [1.82, 2.24) is 14.9 Å². The Labute approximate surface area is 98.1 Å². The van der Waals surface area contributed by atoms with Crippen molar-refractivity contribution >= 4 is 0 Å². The molecule has 0 bridgehead atoms. The Bertz CT molecular complexity index is 508. The number of nitrogens with one attached hydrogen (secondary N) is 1. The minimum absolute atomic E-state index is 0.488. The lowest BCUT2D eigenvalue weighted by atomic mass is 10.2. The first-order chi connectivity index (χ1) is 8.16. The summed E-state index contributed by atoms with van der Waals surface area (Å²) in [5, 5.41) is 3.14. The molecule has 0 amide bonds. The Morgan fingerprint density at radius 2 is 2.06 bits per heavy atom. The zero-order valence-electron chi connectivity index (χ0n) is 9.45. The van der Waals surface area contributed by atoms with Crippen LogP contribution >= 0.6 is 0 Å². The van der Waals surface area contributed by atoms with Gasteiger partial charge in [0.25, 0.3) is 0 Å². The van der Waals surface area contributed by atoms with E-state index < -0.39 is 11.6 Å². The van der Waals surface area contributed by atoms with Crippen molar-refractivity contribution in [3.8, 4) is 0 Å². The van der Waals surface area contributed by atoms with E-state index >= 15 is 0 Å². The number of aryl methyl sites for hydroxylation is 1. The average molecular weight is 237 g/mol. The monoisotopic (exact) mass is 237 g/mol. The van der Waals surface area contributed by atoms with Gasteiger partial charge in [-0.1, -0.05) is 6.07 Å². The zero-order valence-corrected chi connectivity index (χ0v) is 9.45. The van der Waals surface area contributed by atoms with Gasteiger partial charge in [-0.25, -0.2) is 13.8 Å². The van der Waals surface area contributed by atoms with Crippen LogP contribution in [0.5, 0.6) is 0 Å². The van der Waals surface area contributed by atoms with Crippen molar-refractivity contribution in [3.05, 3.63) is 53.6 Å². The smallest absolute Gasteiger partial charge is 0.159 e. The Morgan fingerprint density at radius 3 is 2.71 bits per heavy atom. The fourth-order valence-corrected chi connectivity index (χ4v) is 1.54. The summed E-state index contributed by atoms with van der Waals surface area (Å²) in [5.74, 6) is -1.63. The topological polar surface area (TPSA) is 29.9 Å². The van der Waals surface area contributed by atoms with Gasteiger partial charge in [-0.3, -0.25) is 0 Å². The van der Waals surface area contributed by atoms with E-state index in [0.717, 1.165) is 11.8 Å². The first-order valence-corrected chi connectivity index (χ1v) is 5.26. The van der Waals surface area contributed by atoms with Gasteiger partial charge in [0.15, 0.2) is 11.6 Å². The van der Waals surface area contributed by atoms with Crippen LogP contribution in [-0.2, 0) is 20.1 Å². The second-order valence-corrected chi connectivity index (χ2v) is 3.85. The maximum Gasteiger partial charge on any atom is 0.159 e. The lowest BCUT2D eigenvalue weighted by Crippen LogP contribution is -2.14. The molecule has 0 fully saturated rings. The van der Waals surface area contributed by atoms with Gasteiger partial charge in [-0.2, -0.15) is 0 Å². The van der Waals surface area contributed by atoms with Crippen LogP contribution in [-0.4, -0.2) is 9.55 Å². The van der Waals surface area contributed by atoms with Crippen molar-refractivity contribution < 1.29 is 8.78 Å². The molecule has 2 rings (SSSR count). The Balaban J connectivity index is 1.90. The first kappa shape index (κ1) is 11.7. The number of imidazole rings is 1. The third kappa shape index (κ3) is 2.88. The van der Waals surface area contributed by atoms with E-state index in [0.29, 0.717) is 18.7 Å². The molecule has 1 aromatic carbocycles. The van der Waals surface area contributed by atoms with Crippen LogP contribution in [0.3, 0.4) is 0 Å². The third-order valence-electron chi connectivity index (χ3n) is 2.54. The highest BCUT2D eigenvalue weighted by molar-refractivity contribution is 5.17. The number of halogens is 2. The predicted molar refractivity (Wildman–Crippen MR) is 60.1 cm³/mol. The molecule has 0 spiro atoms. The molecule has 5 heteroatoms. The van der Waals surface area contributed by atoms with E-state index in [9.17, 15) is 8.78 Å². The maximum absolute atomic E-state index is 12.9. The van der Waals surface area contributed by atoms with E-state index in [1.807, 2.05) is 11.6 Å². The summed E-state index contributed by atoms with van der Waals surface area (Å²) in [7, 11) is 1.90. The lowest BCUT2D eigenvalue weighted by Gasteiger charge is -2.05. The molecule has 0 aliphatic rings. The molecular formula is C12H13F2N3. The van der Waals surface area contributed by atoms with E-state index in [2.05, 4.69) is 10.3 Å². The highest BCUT2D eigenvalue weighted by Gasteiger charge is 2.02. The molecule has 0 saturated heterocycles. The molecule has 0 aliphatic heterocycles. The first-order valence-electron chi connectivity index (χ1n) is 5.26. The summed E-state index contributed by atoms with van der Waals surface area (Å²) in [6, 6.07) is 3.90. The quantitative estimate of drug-likeness (QED) is 0.881. The van der Waals surface area contributed by atoms with Gasteiger partial charge in [0.1, 0.15) is 0 Å². The standard InChI is InChI=1S/C12H13F2N3/c1-17-8-16-7-10(17)6-15-5-9-2-3-11(13)12(14)4-9/h2-4,7-8,15H,5-6H2,1H3. The van der Waals surface area contributed by atoms with Crippen LogP contribution in [0.2, 0.25) is 0 Å². The maximum atomic E-state index is 12.9. The second kappa shape index (κ2) is 5.05. The van der Waals surface area contributed by atoms with Gasteiger partial charge in [0, 0.05) is 26.3 Å². The molecular weight excluding hydrogens is 224 g/mol. The molecule has 0 atom stereocenters. The fourth-order valence-electron chi connectivity index (χ4n) is 1.54. The SMILES string of the molecule is Cn1cncc1CNCc1ccc(F)c(F)c1. The molecule has 0 radical (unpaired) electrons. The molecule has 2 aromatic rings. The normalized spacial score (nSPS) is 10.8. The van der Waals surface area contributed by atoms with E-state index in [1.54, 1.807) is 18.6 Å². The Hall–Kier alpha value is -1.75. The highest BCUT2D eigenvalue weighted by atomic mass is 19.2. The fraction of sp³-hybridized carbons (Fsp3) is 0.250. The van der Waals surface area contributed by atoms with E-state index in [1.165, 1.54) is 6.07 Å². The number of hydrogen-bond donors (Lipinski definition) is 1. The summed E-state index contributed by atoms with van der Waals surface area (Å²) >= 11 is 0. The van der Waals surface area contributed by atoms with Crippen LogP contribution in [0.25, 0.3) is 0 Å². The van der Waals surface area contributed by atoms with Crippen molar-refractivity contribution in [1.29, 1.82) is 0 Å². The third-order valence-corrected chi connectivity index (χ3v) is 2.54. The van der Waals surface area contributed by atoms with Gasteiger partial charge in [-0.15, -0.1) is 0 Å². The Morgan fingerprint density at radius 1 is 1.24 bits per heavy atom. The zero-order chi connectivity index (χ0) is 12.3. The minimum Gasteiger partial charge on any atom is -0.337 e. The highest BCUT2D eigenvalue weighted by Crippen LogP contribution is 2.08. The molecule has 3 nitrogen and oxygen atoms in total. The molecule has 1 heterocycles. The van der Waals surface area contributed by atoms with Crippen molar-refractivity contribution in [2.75, 3.05) is 0 Å². The molecule has 0 unspecified atom stereocenters. The van der Waals surface area contributed by atoms with Crippen molar-refractivity contribution in [2.45, 2.75) is 13.1 Å². The molecule has 17 heavy (non-hydrogen) atoms. The second-order valence-electron chi connectivity index (χ2n) is 3.85. The van der Waals surface area contributed by atoms with Crippen molar-refractivity contribution in [2.24, 2.45) is 7.05 Å². The molecule has 1 N–H and O–H groups in total. The van der Waals surface area contributed by atoms with Crippen LogP contribution in [0.1, 0.15) is 11.3 Å². The predicted octanol–water partition coefficient (Wildman–Crippen LogP) is 1.99. The summed E-state index contributed by atoms with van der Waals surface area (Å²) in [6.07, 6.45) is 3.48. The minimum atomic E-state index is -0.819. The van der Waals surface area contributed by atoms with Crippen LogP contribution < -0.4 is 5.32 Å². The van der Waals surface area contributed by atoms with Crippen LogP contribution in [0, 0.1) is 11.6 Å². The number of hydrogen-bond acceptors (Lipinski definition) is 2. The van der Waals surface area contributed by atoms with Gasteiger partial charge >= 0.3 is 0 Å². The number of nitrogens with zero attached hydrogens (tertiary/aromatic N) is 2. The lowest BCUT2D eigenvalue weighted by molar-refractivity contribution is 0.506. The largest absolute Gasteiger partial charge is 0.337 e. The van der Waals surface area contributed by atoms with E-state index in [4.69, 9.17) is 0 Å². The molecule has 90 valence electrons. The van der Waals surface area contributed by atoms with Crippen LogP contribution in [0.4, 0.5) is 8.78 Å². The van der Waals surface area contributed by atoms with Crippen LogP contribution in [0.15, 0.2) is 30.7 Å². The summed E-state index contributed by atoms with van der Waals surface area (Å²) < 4.78 is 27.5. The average Bonchev–Trinajstić information content (AvgIpc) is 2.70. The van der Waals surface area contributed by atoms with Gasteiger partial charge in [0.2, 0.25) is 0 Å². The summed E-state index contributed by atoms with van der Waals surface area (Å²) in [4.78, 5) is 3.99. The molecule has 0 saturated carbocycles. The molecule has 0 aliphatic carbocycles. The Kier molecular flexibility index (Phi) is 3.49. The van der Waals surface area contributed by atoms with Gasteiger partial charge < -0.3 is 9.88 Å². The van der Waals surface area contributed by atoms with Crippen molar-refractivity contribution in [3.63, 3.8) is 0 Å². The summed E-state index contributed by atoms with van der Waals surface area (Å²) in [6.45, 7) is 1.12. The van der Waals surface area contributed by atoms with E-state index in [-0.39, 0.29) is 0 Å². The number of benzene rings is 1.